The molecule has 0 fully saturated rings. The summed E-state index contributed by atoms with van der Waals surface area (Å²) < 4.78 is 67.7. The fourth-order valence-corrected chi connectivity index (χ4v) is 11.9. The lowest BCUT2D eigenvalue weighted by atomic mass is 10.0. The summed E-state index contributed by atoms with van der Waals surface area (Å²) in [5, 5.41) is 10.5. The van der Waals surface area contributed by atoms with E-state index in [4.69, 9.17) is 37.0 Å². The van der Waals surface area contributed by atoms with Crippen LogP contribution in [0.1, 0.15) is 355 Å². The number of hydrogen-bond donors (Lipinski definition) is 3. The third kappa shape index (κ3) is 62.6. The molecule has 0 amide bonds. The highest BCUT2D eigenvalue weighted by atomic mass is 31.2. The summed E-state index contributed by atoms with van der Waals surface area (Å²) in [6, 6.07) is 0. The standard InChI is InChI=1S/C68H132O17P2/c1-5-9-13-17-19-21-23-25-27-29-31-33-35-37-39-41-43-47-51-55-68(73)85-64(59-79-66(71)53-49-46-42-40-38-36-34-32-30-28-26-24-22-20-18-14-10-6-2)61-83-87(76,77)81-57-62(69)56-80-86(74,75)82-60-63(84-67(72)54-50-45-16-12-8-4)58-78-65(70)52-48-44-15-11-7-3/h62-64,69H,5-61H2,1-4H3,(H,74,75)(H,76,77)/t62-,63+,64+/m0/s1. The number of carbonyl (C=O) groups excluding carboxylic acids is 4. The molecule has 0 aliphatic carbocycles. The fraction of sp³-hybridized carbons (Fsp3) is 0.941. The molecule has 3 N–H and O–H groups in total. The molecule has 19 heteroatoms. The highest BCUT2D eigenvalue weighted by Gasteiger charge is 2.30. The summed E-state index contributed by atoms with van der Waals surface area (Å²) in [6.07, 6.45) is 51.0. The highest BCUT2D eigenvalue weighted by Crippen LogP contribution is 2.45. The molecule has 87 heavy (non-hydrogen) atoms. The largest absolute Gasteiger partial charge is 0.472 e. The van der Waals surface area contributed by atoms with Crippen LogP contribution in [0.2, 0.25) is 0 Å². The maximum atomic E-state index is 13.0. The number of unbranched alkanes of at least 4 members (excludes halogenated alkanes) is 43. The summed E-state index contributed by atoms with van der Waals surface area (Å²) in [4.78, 5) is 71.8. The Bertz CT molecular complexity index is 1670. The average molecular weight is 1280 g/mol. The summed E-state index contributed by atoms with van der Waals surface area (Å²) >= 11 is 0. The van der Waals surface area contributed by atoms with E-state index in [0.717, 1.165) is 96.3 Å². The molecule has 0 rings (SSSR count). The van der Waals surface area contributed by atoms with E-state index in [9.17, 15) is 43.2 Å². The lowest BCUT2D eigenvalue weighted by molar-refractivity contribution is -0.161. The predicted octanol–water partition coefficient (Wildman–Crippen LogP) is 19.5. The average Bonchev–Trinajstić information content (AvgIpc) is 3.51. The molecular formula is C68H132O17P2. The van der Waals surface area contributed by atoms with Crippen LogP contribution < -0.4 is 0 Å². The van der Waals surface area contributed by atoms with Crippen LogP contribution in [-0.4, -0.2) is 96.7 Å². The molecule has 0 saturated carbocycles. The molecule has 0 heterocycles. The second-order valence-corrected chi connectivity index (χ2v) is 27.5. The molecule has 2 unspecified atom stereocenters. The Morgan fingerprint density at radius 3 is 0.678 bits per heavy atom. The maximum Gasteiger partial charge on any atom is 0.472 e. The lowest BCUT2D eigenvalue weighted by Gasteiger charge is -2.21. The van der Waals surface area contributed by atoms with Crippen molar-refractivity contribution in [2.45, 2.75) is 373 Å². The van der Waals surface area contributed by atoms with Gasteiger partial charge in [-0.05, 0) is 25.7 Å². The van der Waals surface area contributed by atoms with Crippen molar-refractivity contribution in [3.8, 4) is 0 Å². The first-order valence-electron chi connectivity index (χ1n) is 35.8. The van der Waals surface area contributed by atoms with Crippen LogP contribution in [0.15, 0.2) is 0 Å². The zero-order chi connectivity index (χ0) is 64.0. The van der Waals surface area contributed by atoms with Gasteiger partial charge in [-0.1, -0.05) is 304 Å². The van der Waals surface area contributed by atoms with Crippen LogP contribution in [0, 0.1) is 0 Å². The van der Waals surface area contributed by atoms with E-state index in [0.29, 0.717) is 25.7 Å². The van der Waals surface area contributed by atoms with E-state index in [1.165, 1.54) is 180 Å². The van der Waals surface area contributed by atoms with Crippen molar-refractivity contribution in [3.63, 3.8) is 0 Å². The van der Waals surface area contributed by atoms with Crippen molar-refractivity contribution >= 4 is 39.5 Å². The highest BCUT2D eigenvalue weighted by molar-refractivity contribution is 7.47. The Hall–Kier alpha value is -1.94. The molecule has 0 saturated heterocycles. The van der Waals surface area contributed by atoms with Crippen molar-refractivity contribution < 1.29 is 80.2 Å². The van der Waals surface area contributed by atoms with Crippen LogP contribution in [0.5, 0.6) is 0 Å². The van der Waals surface area contributed by atoms with Crippen molar-refractivity contribution in [3.05, 3.63) is 0 Å². The summed E-state index contributed by atoms with van der Waals surface area (Å²) in [6.45, 7) is 4.74. The van der Waals surface area contributed by atoms with Gasteiger partial charge < -0.3 is 33.8 Å². The van der Waals surface area contributed by atoms with E-state index < -0.39 is 97.5 Å². The quantitative estimate of drug-likeness (QED) is 0.0222. The molecule has 0 bridgehead atoms. The topological polar surface area (TPSA) is 237 Å². The Kier molecular flexibility index (Phi) is 61.4. The molecule has 5 atom stereocenters. The first-order valence-corrected chi connectivity index (χ1v) is 38.8. The van der Waals surface area contributed by atoms with Gasteiger partial charge in [0.1, 0.15) is 19.3 Å². The smallest absolute Gasteiger partial charge is 0.462 e. The molecule has 0 aromatic heterocycles. The first kappa shape index (κ1) is 85.1. The van der Waals surface area contributed by atoms with Gasteiger partial charge in [-0.15, -0.1) is 0 Å². The summed E-state index contributed by atoms with van der Waals surface area (Å²) in [5.41, 5.74) is 0. The van der Waals surface area contributed by atoms with Gasteiger partial charge in [-0.2, -0.15) is 0 Å². The minimum absolute atomic E-state index is 0.0993. The first-order chi connectivity index (χ1) is 42.2. The number of aliphatic hydroxyl groups excluding tert-OH is 1. The van der Waals surface area contributed by atoms with E-state index in [2.05, 4.69) is 27.7 Å². The van der Waals surface area contributed by atoms with Gasteiger partial charge in [-0.3, -0.25) is 37.3 Å². The normalized spacial score (nSPS) is 14.1. The minimum Gasteiger partial charge on any atom is -0.462 e. The van der Waals surface area contributed by atoms with Gasteiger partial charge in [0.15, 0.2) is 12.2 Å². The number of aliphatic hydroxyl groups is 1. The SMILES string of the molecule is CCCCCCCCCCCCCCCCCCCCCC(=O)O[C@H](COC(=O)CCCCCCCCCCCCCCCCCCCC)COP(=O)(O)OC[C@@H](O)COP(=O)(O)OC[C@@H](COC(=O)CCCCCCC)OC(=O)CCCCCCC. The molecule has 0 aromatic rings. The molecule has 0 spiro atoms. The van der Waals surface area contributed by atoms with Gasteiger partial charge in [0.2, 0.25) is 0 Å². The molecule has 17 nitrogen and oxygen atoms in total. The Balaban J connectivity index is 5.05. The maximum absolute atomic E-state index is 13.0. The van der Waals surface area contributed by atoms with Crippen molar-refractivity contribution in [1.82, 2.24) is 0 Å². The molecule has 0 aliphatic heterocycles. The van der Waals surface area contributed by atoms with Gasteiger partial charge >= 0.3 is 39.5 Å². The fourth-order valence-electron chi connectivity index (χ4n) is 10.3. The van der Waals surface area contributed by atoms with Gasteiger partial charge in [0.25, 0.3) is 0 Å². The second kappa shape index (κ2) is 62.8. The van der Waals surface area contributed by atoms with Crippen molar-refractivity contribution in [2.75, 3.05) is 39.6 Å². The molecule has 0 radical (unpaired) electrons. The lowest BCUT2D eigenvalue weighted by Crippen LogP contribution is -2.30. The van der Waals surface area contributed by atoms with E-state index in [-0.39, 0.29) is 25.7 Å². The Morgan fingerprint density at radius 2 is 0.460 bits per heavy atom. The Labute approximate surface area is 530 Å². The van der Waals surface area contributed by atoms with Gasteiger partial charge in [0.05, 0.1) is 26.4 Å². The summed E-state index contributed by atoms with van der Waals surface area (Å²) in [5.74, 6) is -2.15. The molecule has 0 aromatic carbocycles. The number of esters is 4. The van der Waals surface area contributed by atoms with Crippen LogP contribution in [0.25, 0.3) is 0 Å². The molecule has 0 aliphatic rings. The predicted molar refractivity (Wildman–Crippen MR) is 349 cm³/mol. The number of phosphoric ester groups is 2. The molecule has 516 valence electrons. The summed E-state index contributed by atoms with van der Waals surface area (Å²) in [7, 11) is -9.87. The van der Waals surface area contributed by atoms with Crippen LogP contribution in [0.3, 0.4) is 0 Å². The zero-order valence-electron chi connectivity index (χ0n) is 56.0. The minimum atomic E-state index is -4.94. The van der Waals surface area contributed by atoms with Crippen LogP contribution in [0.4, 0.5) is 0 Å². The second-order valence-electron chi connectivity index (χ2n) is 24.6. The van der Waals surface area contributed by atoms with Crippen LogP contribution >= 0.6 is 15.6 Å². The van der Waals surface area contributed by atoms with Crippen molar-refractivity contribution in [2.24, 2.45) is 0 Å². The Morgan fingerprint density at radius 1 is 0.276 bits per heavy atom. The monoisotopic (exact) mass is 1280 g/mol. The van der Waals surface area contributed by atoms with E-state index in [1.54, 1.807) is 0 Å². The van der Waals surface area contributed by atoms with Gasteiger partial charge in [0, 0.05) is 25.7 Å². The number of hydrogen-bond acceptors (Lipinski definition) is 15. The number of ether oxygens (including phenoxy) is 4. The number of phosphoric acid groups is 2. The van der Waals surface area contributed by atoms with Gasteiger partial charge in [-0.25, -0.2) is 9.13 Å². The van der Waals surface area contributed by atoms with E-state index >= 15 is 0 Å². The zero-order valence-corrected chi connectivity index (χ0v) is 57.8. The van der Waals surface area contributed by atoms with Crippen LogP contribution in [-0.2, 0) is 65.4 Å². The number of rotatable bonds is 69. The number of carbonyl (C=O) groups is 4. The van der Waals surface area contributed by atoms with Crippen molar-refractivity contribution in [1.29, 1.82) is 0 Å². The third-order valence-corrected chi connectivity index (χ3v) is 17.8. The molecular weight excluding hydrogens is 1150 g/mol. The third-order valence-electron chi connectivity index (χ3n) is 15.9. The van der Waals surface area contributed by atoms with E-state index in [1.807, 2.05) is 0 Å².